The molecule has 1 unspecified atom stereocenters. The second-order valence-electron chi connectivity index (χ2n) is 12.7. The van der Waals surface area contributed by atoms with Crippen LogP contribution >= 0.6 is 0 Å². The molecular weight excluding hydrogens is 484 g/mol. The summed E-state index contributed by atoms with van der Waals surface area (Å²) in [5, 5.41) is 0. The van der Waals surface area contributed by atoms with E-state index in [1.54, 1.807) is 0 Å². The zero-order chi connectivity index (χ0) is 28.4. The lowest BCUT2D eigenvalue weighted by atomic mass is 10.0. The van der Waals surface area contributed by atoms with Crippen LogP contribution in [0.15, 0.2) is 42.7 Å². The molecule has 0 aromatic heterocycles. The Bertz CT molecular complexity index is 684. The smallest absolute Gasteiger partial charge is 0.101 e. The minimum atomic E-state index is 0.552. The summed E-state index contributed by atoms with van der Waals surface area (Å²) in [6.45, 7) is 6.87. The van der Waals surface area contributed by atoms with Crippen molar-refractivity contribution in [1.82, 2.24) is 9.80 Å². The lowest BCUT2D eigenvalue weighted by Crippen LogP contribution is -2.38. The zero-order valence-corrected chi connectivity index (χ0v) is 27.1. The fourth-order valence-corrected chi connectivity index (χ4v) is 6.37. The highest BCUT2D eigenvalue weighted by atomic mass is 15.4. The Morgan fingerprint density at radius 2 is 0.850 bits per heavy atom. The van der Waals surface area contributed by atoms with Gasteiger partial charge in [-0.1, -0.05) is 185 Å². The fraction of sp³-hybridized carbons (Fsp3) is 0.789. The molecule has 1 heterocycles. The summed E-state index contributed by atoms with van der Waals surface area (Å²) in [6.07, 6.45) is 40.9. The van der Waals surface area contributed by atoms with Crippen molar-refractivity contribution in [1.29, 1.82) is 0 Å². The van der Waals surface area contributed by atoms with E-state index < -0.39 is 0 Å². The molecule has 2 heteroatoms. The second-order valence-corrected chi connectivity index (χ2v) is 12.7. The summed E-state index contributed by atoms with van der Waals surface area (Å²) in [6, 6.07) is 11.0. The van der Waals surface area contributed by atoms with Crippen LogP contribution in [-0.4, -0.2) is 22.5 Å². The van der Waals surface area contributed by atoms with Gasteiger partial charge in [0, 0.05) is 25.5 Å². The van der Waals surface area contributed by atoms with Crippen molar-refractivity contribution in [2.45, 2.75) is 187 Å². The first kappa shape index (κ1) is 34.8. The predicted octanol–water partition coefficient (Wildman–Crippen LogP) is 12.4. The van der Waals surface area contributed by atoms with Crippen molar-refractivity contribution >= 4 is 0 Å². The van der Waals surface area contributed by atoms with E-state index in [0.29, 0.717) is 6.17 Å². The number of unbranched alkanes of at least 4 members (excludes halogenated alkanes) is 22. The van der Waals surface area contributed by atoms with Crippen LogP contribution in [0.3, 0.4) is 0 Å². The predicted molar refractivity (Wildman–Crippen MR) is 178 cm³/mol. The molecule has 0 N–H and O–H groups in total. The van der Waals surface area contributed by atoms with Crippen LogP contribution in [-0.2, 0) is 6.54 Å². The average Bonchev–Trinajstić information content (AvgIpc) is 3.35. The normalized spacial score (nSPS) is 15.0. The van der Waals surface area contributed by atoms with Crippen molar-refractivity contribution in [2.24, 2.45) is 0 Å². The Morgan fingerprint density at radius 3 is 1.32 bits per heavy atom. The molecule has 1 aromatic rings. The molecule has 2 rings (SSSR count). The minimum Gasteiger partial charge on any atom is -0.356 e. The Labute approximate surface area is 251 Å². The van der Waals surface area contributed by atoms with Crippen LogP contribution in [0.2, 0.25) is 0 Å². The summed E-state index contributed by atoms with van der Waals surface area (Å²) in [4.78, 5) is 5.27. The fourth-order valence-electron chi connectivity index (χ4n) is 6.37. The van der Waals surface area contributed by atoms with E-state index in [0.717, 1.165) is 6.54 Å². The lowest BCUT2D eigenvalue weighted by molar-refractivity contribution is 0.132. The first-order valence-electron chi connectivity index (χ1n) is 18.1. The number of benzene rings is 1. The van der Waals surface area contributed by atoms with Gasteiger partial charge < -0.3 is 9.80 Å². The third-order valence-electron chi connectivity index (χ3n) is 9.01. The summed E-state index contributed by atoms with van der Waals surface area (Å²) in [7, 11) is 0. The molecule has 1 aromatic carbocycles. The van der Waals surface area contributed by atoms with Gasteiger partial charge in [-0.3, -0.25) is 0 Å². The Balaban J connectivity index is 1.57. The van der Waals surface area contributed by atoms with Crippen molar-refractivity contribution in [2.75, 3.05) is 6.54 Å². The summed E-state index contributed by atoms with van der Waals surface area (Å²) in [5.41, 5.74) is 1.43. The Morgan fingerprint density at radius 1 is 0.450 bits per heavy atom. The van der Waals surface area contributed by atoms with Gasteiger partial charge in [0.05, 0.1) is 0 Å². The summed E-state index contributed by atoms with van der Waals surface area (Å²) >= 11 is 0. The van der Waals surface area contributed by atoms with Crippen molar-refractivity contribution in [3.63, 3.8) is 0 Å². The minimum absolute atomic E-state index is 0.552. The van der Waals surface area contributed by atoms with Crippen LogP contribution in [0.25, 0.3) is 0 Å². The van der Waals surface area contributed by atoms with Gasteiger partial charge in [0.1, 0.15) is 6.17 Å². The van der Waals surface area contributed by atoms with Crippen LogP contribution in [0.4, 0.5) is 0 Å². The monoisotopic (exact) mass is 553 g/mol. The maximum absolute atomic E-state index is 2.66. The molecule has 0 amide bonds. The first-order valence-corrected chi connectivity index (χ1v) is 18.1. The molecule has 0 fully saturated rings. The van der Waals surface area contributed by atoms with Gasteiger partial charge in [0.15, 0.2) is 0 Å². The Hall–Kier alpha value is -1.44. The maximum Gasteiger partial charge on any atom is 0.101 e. The third kappa shape index (κ3) is 17.4. The molecule has 1 atom stereocenters. The number of rotatable bonds is 28. The van der Waals surface area contributed by atoms with E-state index in [4.69, 9.17) is 0 Å². The van der Waals surface area contributed by atoms with E-state index in [9.17, 15) is 0 Å². The zero-order valence-electron chi connectivity index (χ0n) is 27.1. The molecule has 0 saturated carbocycles. The second kappa shape index (κ2) is 25.3. The highest BCUT2D eigenvalue weighted by Crippen LogP contribution is 2.25. The third-order valence-corrected chi connectivity index (χ3v) is 9.01. The molecule has 0 aliphatic carbocycles. The standard InChI is InChI=1S/C38H68N2/c1-3-5-7-9-11-13-15-16-17-18-20-22-24-29-33-39-34-35-40(36-37-30-26-25-27-31-37)38(39)32-28-23-21-19-14-12-10-8-6-4-2/h25-27,30-31,34-35,38H,3-24,28-29,32-33,36H2,1-2H3. The highest BCUT2D eigenvalue weighted by Gasteiger charge is 2.25. The molecule has 1 aliphatic heterocycles. The van der Waals surface area contributed by atoms with E-state index in [1.807, 2.05) is 0 Å². The van der Waals surface area contributed by atoms with Crippen LogP contribution in [0.1, 0.15) is 180 Å². The van der Waals surface area contributed by atoms with Crippen LogP contribution in [0, 0.1) is 0 Å². The van der Waals surface area contributed by atoms with Gasteiger partial charge >= 0.3 is 0 Å². The quantitative estimate of drug-likeness (QED) is 0.0954. The van der Waals surface area contributed by atoms with Gasteiger partial charge in [0.2, 0.25) is 0 Å². The molecule has 230 valence electrons. The molecule has 2 nitrogen and oxygen atoms in total. The highest BCUT2D eigenvalue weighted by molar-refractivity contribution is 5.16. The summed E-state index contributed by atoms with van der Waals surface area (Å²) < 4.78 is 0. The largest absolute Gasteiger partial charge is 0.356 e. The molecule has 1 aliphatic rings. The van der Waals surface area contributed by atoms with Gasteiger partial charge in [-0.2, -0.15) is 0 Å². The van der Waals surface area contributed by atoms with Gasteiger partial charge in [-0.15, -0.1) is 0 Å². The lowest BCUT2D eigenvalue weighted by Gasteiger charge is -2.33. The van der Waals surface area contributed by atoms with Gasteiger partial charge in [-0.05, 0) is 24.8 Å². The molecule has 0 spiro atoms. The number of nitrogens with zero attached hydrogens (tertiary/aromatic N) is 2. The average molecular weight is 553 g/mol. The van der Waals surface area contributed by atoms with Crippen LogP contribution in [0.5, 0.6) is 0 Å². The van der Waals surface area contributed by atoms with E-state index in [2.05, 4.69) is 66.4 Å². The number of hydrogen-bond acceptors (Lipinski definition) is 2. The number of hydrogen-bond donors (Lipinski definition) is 0. The molecular formula is C38H68N2. The molecule has 40 heavy (non-hydrogen) atoms. The van der Waals surface area contributed by atoms with Gasteiger partial charge in [0.25, 0.3) is 0 Å². The van der Waals surface area contributed by atoms with E-state index >= 15 is 0 Å². The molecule has 0 saturated heterocycles. The van der Waals surface area contributed by atoms with Crippen LogP contribution < -0.4 is 0 Å². The molecule has 0 bridgehead atoms. The van der Waals surface area contributed by atoms with Crippen molar-refractivity contribution in [3.05, 3.63) is 48.3 Å². The Kier molecular flexibility index (Phi) is 22.0. The van der Waals surface area contributed by atoms with Crippen molar-refractivity contribution in [3.8, 4) is 0 Å². The maximum atomic E-state index is 2.66. The van der Waals surface area contributed by atoms with E-state index in [1.165, 1.54) is 173 Å². The van der Waals surface area contributed by atoms with E-state index in [-0.39, 0.29) is 0 Å². The first-order chi connectivity index (χ1) is 19.8. The van der Waals surface area contributed by atoms with Gasteiger partial charge in [-0.25, -0.2) is 0 Å². The SMILES string of the molecule is CCCCCCCCCCCCCCCCN1C=CN(Cc2ccccc2)C1CCCCCCCCCCCC. The summed E-state index contributed by atoms with van der Waals surface area (Å²) in [5.74, 6) is 0. The topological polar surface area (TPSA) is 6.48 Å². The van der Waals surface area contributed by atoms with Crippen molar-refractivity contribution < 1.29 is 0 Å². The molecule has 0 radical (unpaired) electrons.